The van der Waals surface area contributed by atoms with E-state index in [2.05, 4.69) is 9.97 Å². The average Bonchev–Trinajstić information content (AvgIpc) is 2.84. The number of thiophene rings is 1. The molecule has 0 spiro atoms. The summed E-state index contributed by atoms with van der Waals surface area (Å²) in [7, 11) is 0. The Hall–Kier alpha value is -1.39. The highest BCUT2D eigenvalue weighted by molar-refractivity contribution is 7.22. The monoisotopic (exact) mass is 250 g/mol. The molecule has 3 aromatic heterocycles. The predicted octanol–water partition coefficient (Wildman–Crippen LogP) is 3.91. The molecule has 0 aromatic carbocycles. The van der Waals surface area contributed by atoms with Gasteiger partial charge >= 0.3 is 0 Å². The fourth-order valence-corrected chi connectivity index (χ4v) is 2.86. The molecule has 0 amide bonds. The summed E-state index contributed by atoms with van der Waals surface area (Å²) in [5.41, 5.74) is 1.96. The van der Waals surface area contributed by atoms with Crippen LogP contribution in [0.25, 0.3) is 20.9 Å². The lowest BCUT2D eigenvalue weighted by Crippen LogP contribution is -1.76. The molecule has 0 bridgehead atoms. The smallest absolute Gasteiger partial charge is 0.150 e. The number of halogens is 1. The van der Waals surface area contributed by atoms with Gasteiger partial charge in [0, 0.05) is 0 Å². The highest BCUT2D eigenvalue weighted by Crippen LogP contribution is 2.36. The van der Waals surface area contributed by atoms with Crippen LogP contribution in [-0.2, 0) is 0 Å². The Morgan fingerprint density at radius 2 is 2.25 bits per heavy atom. The molecule has 5 heteroatoms. The molecule has 0 unspecified atom stereocenters. The third-order valence-corrected chi connectivity index (χ3v) is 3.88. The molecule has 0 aliphatic carbocycles. The van der Waals surface area contributed by atoms with Crippen molar-refractivity contribution in [1.29, 1.82) is 0 Å². The summed E-state index contributed by atoms with van der Waals surface area (Å²) in [5.74, 6) is 0.874. The molecule has 0 fully saturated rings. The van der Waals surface area contributed by atoms with Crippen molar-refractivity contribution in [2.45, 2.75) is 6.92 Å². The Morgan fingerprint density at radius 3 is 2.94 bits per heavy atom. The second-order valence-corrected chi connectivity index (χ2v) is 4.83. The Balaban J connectivity index is 2.27. The van der Waals surface area contributed by atoms with Crippen molar-refractivity contribution in [2.75, 3.05) is 0 Å². The predicted molar refractivity (Wildman–Crippen MR) is 64.9 cm³/mol. The van der Waals surface area contributed by atoms with E-state index in [1.165, 1.54) is 6.33 Å². The van der Waals surface area contributed by atoms with Gasteiger partial charge in [0.2, 0.25) is 0 Å². The molecule has 0 N–H and O–H groups in total. The van der Waals surface area contributed by atoms with Gasteiger partial charge in [-0.3, -0.25) is 0 Å². The number of hydrogen-bond acceptors (Lipinski definition) is 4. The van der Waals surface area contributed by atoms with E-state index in [9.17, 15) is 0 Å². The third-order valence-electron chi connectivity index (χ3n) is 2.35. The van der Waals surface area contributed by atoms with Crippen LogP contribution in [0.2, 0.25) is 5.15 Å². The number of fused-ring (bicyclic) bond motifs is 1. The molecule has 3 rings (SSSR count). The van der Waals surface area contributed by atoms with Crippen molar-refractivity contribution in [3.8, 4) is 10.6 Å². The van der Waals surface area contributed by atoms with E-state index < -0.39 is 0 Å². The maximum Gasteiger partial charge on any atom is 0.150 e. The van der Waals surface area contributed by atoms with Gasteiger partial charge in [-0.1, -0.05) is 11.6 Å². The van der Waals surface area contributed by atoms with Crippen molar-refractivity contribution in [3.63, 3.8) is 0 Å². The van der Waals surface area contributed by atoms with Gasteiger partial charge in [0.05, 0.1) is 21.4 Å². The lowest BCUT2D eigenvalue weighted by Gasteiger charge is -1.91. The fraction of sp³-hybridized carbons (Fsp3) is 0.0909. The second-order valence-electron chi connectivity index (χ2n) is 3.42. The van der Waals surface area contributed by atoms with E-state index in [1.807, 2.05) is 19.1 Å². The van der Waals surface area contributed by atoms with Crippen LogP contribution >= 0.6 is 22.9 Å². The number of aryl methyl sites for hydroxylation is 1. The Morgan fingerprint density at radius 1 is 1.38 bits per heavy atom. The number of hydrogen-bond donors (Lipinski definition) is 0. The molecule has 3 heterocycles. The average molecular weight is 251 g/mol. The first-order valence-electron chi connectivity index (χ1n) is 4.70. The third kappa shape index (κ3) is 1.42. The summed E-state index contributed by atoms with van der Waals surface area (Å²) in [6.45, 7) is 2.01. The van der Waals surface area contributed by atoms with E-state index in [4.69, 9.17) is 16.0 Å². The van der Waals surface area contributed by atoms with Crippen molar-refractivity contribution >= 4 is 33.2 Å². The zero-order valence-electron chi connectivity index (χ0n) is 8.40. The van der Waals surface area contributed by atoms with Crippen LogP contribution in [0.3, 0.4) is 0 Å². The number of nitrogens with zero attached hydrogens (tertiary/aromatic N) is 2. The number of rotatable bonds is 1. The van der Waals surface area contributed by atoms with Crippen molar-refractivity contribution in [3.05, 3.63) is 35.4 Å². The van der Waals surface area contributed by atoms with Crippen LogP contribution in [0.5, 0.6) is 0 Å². The standard InChI is InChI=1S/C11H7ClN2OS/c1-6-2-3-15-9(6)8-4-7-10(16-8)11(12)14-5-13-7/h2-5H,1H3. The van der Waals surface area contributed by atoms with Gasteiger partial charge in [0.25, 0.3) is 0 Å². The summed E-state index contributed by atoms with van der Waals surface area (Å²) in [4.78, 5) is 9.16. The largest absolute Gasteiger partial charge is 0.463 e. The molecular weight excluding hydrogens is 244 g/mol. The Bertz CT molecular complexity index is 659. The molecule has 80 valence electrons. The van der Waals surface area contributed by atoms with E-state index in [1.54, 1.807) is 17.6 Å². The quantitative estimate of drug-likeness (QED) is 0.615. The minimum absolute atomic E-state index is 0.491. The fourth-order valence-electron chi connectivity index (χ4n) is 1.56. The summed E-state index contributed by atoms with van der Waals surface area (Å²) in [5, 5.41) is 0.491. The highest BCUT2D eigenvalue weighted by atomic mass is 35.5. The second kappa shape index (κ2) is 3.57. The molecule has 3 nitrogen and oxygen atoms in total. The lowest BCUT2D eigenvalue weighted by atomic mass is 10.2. The first kappa shape index (κ1) is 9.81. The van der Waals surface area contributed by atoms with Crippen LogP contribution in [0, 0.1) is 6.92 Å². The van der Waals surface area contributed by atoms with Crippen LogP contribution in [-0.4, -0.2) is 9.97 Å². The van der Waals surface area contributed by atoms with Crippen LogP contribution < -0.4 is 0 Å². The normalized spacial score (nSPS) is 11.1. The van der Waals surface area contributed by atoms with Gasteiger partial charge in [-0.25, -0.2) is 9.97 Å². The minimum Gasteiger partial charge on any atom is -0.463 e. The van der Waals surface area contributed by atoms with E-state index in [-0.39, 0.29) is 0 Å². The Labute approximate surface area is 101 Å². The molecular formula is C11H7ClN2OS. The zero-order valence-corrected chi connectivity index (χ0v) is 9.97. The topological polar surface area (TPSA) is 38.9 Å². The molecule has 0 saturated heterocycles. The van der Waals surface area contributed by atoms with Crippen molar-refractivity contribution in [2.24, 2.45) is 0 Å². The van der Waals surface area contributed by atoms with Gasteiger partial charge in [-0.15, -0.1) is 11.3 Å². The van der Waals surface area contributed by atoms with Crippen molar-refractivity contribution < 1.29 is 4.42 Å². The Kier molecular flexibility index (Phi) is 2.19. The number of furan rings is 1. The molecule has 16 heavy (non-hydrogen) atoms. The zero-order chi connectivity index (χ0) is 11.1. The van der Waals surface area contributed by atoms with Gasteiger partial charge in [0.15, 0.2) is 0 Å². The maximum absolute atomic E-state index is 6.00. The van der Waals surface area contributed by atoms with Crippen LogP contribution in [0.15, 0.2) is 29.1 Å². The van der Waals surface area contributed by atoms with Crippen LogP contribution in [0.4, 0.5) is 0 Å². The van der Waals surface area contributed by atoms with E-state index in [0.717, 1.165) is 26.4 Å². The summed E-state index contributed by atoms with van der Waals surface area (Å²) < 4.78 is 6.34. The van der Waals surface area contributed by atoms with E-state index in [0.29, 0.717) is 5.15 Å². The van der Waals surface area contributed by atoms with Crippen LogP contribution in [0.1, 0.15) is 5.56 Å². The van der Waals surface area contributed by atoms with Gasteiger partial charge < -0.3 is 4.42 Å². The lowest BCUT2D eigenvalue weighted by molar-refractivity contribution is 0.582. The summed E-state index contributed by atoms with van der Waals surface area (Å²) in [6, 6.07) is 3.91. The molecule has 3 aromatic rings. The minimum atomic E-state index is 0.491. The molecule has 0 saturated carbocycles. The molecule has 0 radical (unpaired) electrons. The SMILES string of the molecule is Cc1ccoc1-c1cc2ncnc(Cl)c2s1. The van der Waals surface area contributed by atoms with Gasteiger partial charge in [0.1, 0.15) is 17.2 Å². The molecule has 0 atom stereocenters. The summed E-state index contributed by atoms with van der Waals surface area (Å²) in [6.07, 6.45) is 3.15. The first-order chi connectivity index (χ1) is 7.75. The maximum atomic E-state index is 6.00. The summed E-state index contributed by atoms with van der Waals surface area (Å²) >= 11 is 7.55. The van der Waals surface area contributed by atoms with Crippen molar-refractivity contribution in [1.82, 2.24) is 9.97 Å². The van der Waals surface area contributed by atoms with Gasteiger partial charge in [-0.2, -0.15) is 0 Å². The molecule has 0 aliphatic rings. The molecule has 0 aliphatic heterocycles. The first-order valence-corrected chi connectivity index (χ1v) is 5.89. The van der Waals surface area contributed by atoms with Gasteiger partial charge in [-0.05, 0) is 24.6 Å². The highest BCUT2D eigenvalue weighted by Gasteiger charge is 2.12. The van der Waals surface area contributed by atoms with E-state index >= 15 is 0 Å². The number of aromatic nitrogens is 2.